The SMILES string of the molecule is CCOc1ccc(CCN2CCCC2=O)cc1. The van der Waals surface area contributed by atoms with E-state index in [0.717, 1.165) is 38.1 Å². The molecule has 0 atom stereocenters. The van der Waals surface area contributed by atoms with Crippen molar-refractivity contribution in [3.05, 3.63) is 29.8 Å². The molecule has 0 radical (unpaired) electrons. The number of nitrogens with zero attached hydrogens (tertiary/aromatic N) is 1. The first-order valence-electron chi connectivity index (χ1n) is 6.29. The van der Waals surface area contributed by atoms with Crippen molar-refractivity contribution < 1.29 is 9.53 Å². The van der Waals surface area contributed by atoms with Crippen LogP contribution in [0.5, 0.6) is 5.75 Å². The van der Waals surface area contributed by atoms with Gasteiger partial charge in [-0.2, -0.15) is 0 Å². The summed E-state index contributed by atoms with van der Waals surface area (Å²) in [6.45, 7) is 4.44. The van der Waals surface area contributed by atoms with Gasteiger partial charge in [0.15, 0.2) is 0 Å². The number of carbonyl (C=O) groups is 1. The third-order valence-electron chi connectivity index (χ3n) is 3.08. The highest BCUT2D eigenvalue weighted by atomic mass is 16.5. The van der Waals surface area contributed by atoms with E-state index in [1.54, 1.807) is 0 Å². The molecule has 1 fully saturated rings. The Morgan fingerprint density at radius 3 is 2.65 bits per heavy atom. The molecule has 1 aromatic carbocycles. The summed E-state index contributed by atoms with van der Waals surface area (Å²) in [4.78, 5) is 13.4. The molecule has 3 nitrogen and oxygen atoms in total. The van der Waals surface area contributed by atoms with Gasteiger partial charge < -0.3 is 9.64 Å². The third kappa shape index (κ3) is 3.22. The van der Waals surface area contributed by atoms with Crippen LogP contribution in [0.4, 0.5) is 0 Å². The molecule has 1 aliphatic heterocycles. The molecular weight excluding hydrogens is 214 g/mol. The van der Waals surface area contributed by atoms with Crippen LogP contribution < -0.4 is 4.74 Å². The van der Waals surface area contributed by atoms with Crippen molar-refractivity contribution in [3.63, 3.8) is 0 Å². The molecule has 0 bridgehead atoms. The number of ether oxygens (including phenoxy) is 1. The van der Waals surface area contributed by atoms with E-state index in [4.69, 9.17) is 4.74 Å². The summed E-state index contributed by atoms with van der Waals surface area (Å²) in [5.41, 5.74) is 1.26. The smallest absolute Gasteiger partial charge is 0.222 e. The Labute approximate surface area is 102 Å². The monoisotopic (exact) mass is 233 g/mol. The highest BCUT2D eigenvalue weighted by Gasteiger charge is 2.19. The minimum Gasteiger partial charge on any atom is -0.494 e. The Bertz CT molecular complexity index is 372. The molecule has 2 rings (SSSR count). The van der Waals surface area contributed by atoms with Crippen LogP contribution >= 0.6 is 0 Å². The van der Waals surface area contributed by atoms with E-state index in [0.29, 0.717) is 12.5 Å². The largest absolute Gasteiger partial charge is 0.494 e. The van der Waals surface area contributed by atoms with Crippen LogP contribution in [0.1, 0.15) is 25.3 Å². The number of likely N-dealkylation sites (tertiary alicyclic amines) is 1. The van der Waals surface area contributed by atoms with E-state index in [2.05, 4.69) is 12.1 Å². The van der Waals surface area contributed by atoms with Crippen molar-refractivity contribution >= 4 is 5.91 Å². The molecule has 0 aromatic heterocycles. The number of hydrogen-bond acceptors (Lipinski definition) is 2. The molecule has 1 aromatic rings. The van der Waals surface area contributed by atoms with Gasteiger partial charge in [0.2, 0.25) is 5.91 Å². The van der Waals surface area contributed by atoms with E-state index in [-0.39, 0.29) is 0 Å². The van der Waals surface area contributed by atoms with Crippen LogP contribution in [0.3, 0.4) is 0 Å². The van der Waals surface area contributed by atoms with Crippen LogP contribution in [0.25, 0.3) is 0 Å². The highest BCUT2D eigenvalue weighted by molar-refractivity contribution is 5.78. The van der Waals surface area contributed by atoms with E-state index < -0.39 is 0 Å². The number of carbonyl (C=O) groups excluding carboxylic acids is 1. The lowest BCUT2D eigenvalue weighted by Gasteiger charge is -2.15. The normalized spacial score (nSPS) is 15.4. The molecule has 0 N–H and O–H groups in total. The Morgan fingerprint density at radius 2 is 2.06 bits per heavy atom. The predicted molar refractivity (Wildman–Crippen MR) is 67.1 cm³/mol. The number of rotatable bonds is 5. The molecule has 0 unspecified atom stereocenters. The summed E-state index contributed by atoms with van der Waals surface area (Å²) < 4.78 is 5.39. The van der Waals surface area contributed by atoms with Gasteiger partial charge in [-0.15, -0.1) is 0 Å². The first-order chi connectivity index (χ1) is 8.29. The molecule has 0 aliphatic carbocycles. The average Bonchev–Trinajstić information content (AvgIpc) is 2.75. The summed E-state index contributed by atoms with van der Waals surface area (Å²) in [7, 11) is 0. The van der Waals surface area contributed by atoms with Crippen LogP contribution in [0.2, 0.25) is 0 Å². The second-order valence-electron chi connectivity index (χ2n) is 4.31. The van der Waals surface area contributed by atoms with E-state index in [1.807, 2.05) is 24.0 Å². The maximum atomic E-state index is 11.4. The number of amides is 1. The fourth-order valence-electron chi connectivity index (χ4n) is 2.12. The molecule has 3 heteroatoms. The summed E-state index contributed by atoms with van der Waals surface area (Å²) in [5, 5.41) is 0. The summed E-state index contributed by atoms with van der Waals surface area (Å²) >= 11 is 0. The second-order valence-corrected chi connectivity index (χ2v) is 4.31. The lowest BCUT2D eigenvalue weighted by Crippen LogP contribution is -2.26. The van der Waals surface area contributed by atoms with E-state index >= 15 is 0 Å². The maximum Gasteiger partial charge on any atom is 0.222 e. The molecular formula is C14H19NO2. The van der Waals surface area contributed by atoms with E-state index in [9.17, 15) is 4.79 Å². The maximum absolute atomic E-state index is 11.4. The minimum absolute atomic E-state index is 0.302. The fourth-order valence-corrected chi connectivity index (χ4v) is 2.12. The quantitative estimate of drug-likeness (QED) is 0.780. The molecule has 0 saturated carbocycles. The van der Waals surface area contributed by atoms with Crippen molar-refractivity contribution in [1.29, 1.82) is 0 Å². The molecule has 0 spiro atoms. The first-order valence-corrected chi connectivity index (χ1v) is 6.29. The summed E-state index contributed by atoms with van der Waals surface area (Å²) in [6, 6.07) is 8.13. The molecule has 1 amide bonds. The second kappa shape index (κ2) is 5.71. The van der Waals surface area contributed by atoms with Crippen molar-refractivity contribution in [2.45, 2.75) is 26.2 Å². The van der Waals surface area contributed by atoms with Gasteiger partial charge in [0, 0.05) is 19.5 Å². The van der Waals surface area contributed by atoms with Crippen molar-refractivity contribution in [1.82, 2.24) is 4.90 Å². The average molecular weight is 233 g/mol. The molecule has 1 heterocycles. The van der Waals surface area contributed by atoms with Gasteiger partial charge in [-0.1, -0.05) is 12.1 Å². The first kappa shape index (κ1) is 12.0. The number of hydrogen-bond donors (Lipinski definition) is 0. The zero-order chi connectivity index (χ0) is 12.1. The van der Waals surface area contributed by atoms with Crippen LogP contribution in [0.15, 0.2) is 24.3 Å². The van der Waals surface area contributed by atoms with Gasteiger partial charge in [0.25, 0.3) is 0 Å². The number of benzene rings is 1. The Balaban J connectivity index is 1.84. The molecule has 92 valence electrons. The lowest BCUT2D eigenvalue weighted by molar-refractivity contribution is -0.127. The van der Waals surface area contributed by atoms with Gasteiger partial charge in [-0.3, -0.25) is 4.79 Å². The lowest BCUT2D eigenvalue weighted by atomic mass is 10.1. The highest BCUT2D eigenvalue weighted by Crippen LogP contribution is 2.14. The Kier molecular flexibility index (Phi) is 4.02. The van der Waals surface area contributed by atoms with Gasteiger partial charge in [-0.25, -0.2) is 0 Å². The van der Waals surface area contributed by atoms with Gasteiger partial charge in [0.1, 0.15) is 5.75 Å². The molecule has 1 aliphatic rings. The fraction of sp³-hybridized carbons (Fsp3) is 0.500. The zero-order valence-corrected chi connectivity index (χ0v) is 10.3. The topological polar surface area (TPSA) is 29.5 Å². The predicted octanol–water partition coefficient (Wildman–Crippen LogP) is 2.25. The van der Waals surface area contributed by atoms with Crippen LogP contribution in [0, 0.1) is 0 Å². The minimum atomic E-state index is 0.302. The van der Waals surface area contributed by atoms with E-state index in [1.165, 1.54) is 5.56 Å². The zero-order valence-electron chi connectivity index (χ0n) is 10.3. The van der Waals surface area contributed by atoms with Crippen LogP contribution in [-0.4, -0.2) is 30.5 Å². The van der Waals surface area contributed by atoms with Gasteiger partial charge in [0.05, 0.1) is 6.61 Å². The third-order valence-corrected chi connectivity index (χ3v) is 3.08. The van der Waals surface area contributed by atoms with Gasteiger partial charge in [-0.05, 0) is 37.5 Å². The van der Waals surface area contributed by atoms with Crippen molar-refractivity contribution in [3.8, 4) is 5.75 Å². The summed E-state index contributed by atoms with van der Waals surface area (Å²) in [5.74, 6) is 1.21. The Morgan fingerprint density at radius 1 is 1.29 bits per heavy atom. The molecule has 17 heavy (non-hydrogen) atoms. The van der Waals surface area contributed by atoms with Crippen molar-refractivity contribution in [2.24, 2.45) is 0 Å². The summed E-state index contributed by atoms with van der Waals surface area (Å²) in [6.07, 6.45) is 2.67. The van der Waals surface area contributed by atoms with Crippen LogP contribution in [-0.2, 0) is 11.2 Å². The van der Waals surface area contributed by atoms with Crippen molar-refractivity contribution in [2.75, 3.05) is 19.7 Å². The van der Waals surface area contributed by atoms with Gasteiger partial charge >= 0.3 is 0 Å². The Hall–Kier alpha value is -1.51. The molecule has 1 saturated heterocycles. The standard InChI is InChI=1S/C14H19NO2/c1-2-17-13-7-5-12(6-8-13)9-11-15-10-3-4-14(15)16/h5-8H,2-4,9-11H2,1H3.